The molecule has 1 atom stereocenters. The van der Waals surface area contributed by atoms with Gasteiger partial charge in [0.15, 0.2) is 11.5 Å². The topological polar surface area (TPSA) is 84.9 Å². The van der Waals surface area contributed by atoms with Crippen LogP contribution in [0.2, 0.25) is 0 Å². The van der Waals surface area contributed by atoms with E-state index in [2.05, 4.69) is 5.32 Å². The van der Waals surface area contributed by atoms with Gasteiger partial charge in [0.05, 0.1) is 6.42 Å². The number of ether oxygens (including phenoxy) is 2. The Morgan fingerprint density at radius 3 is 2.84 bits per heavy atom. The Bertz CT molecular complexity index is 500. The predicted octanol–water partition coefficient (Wildman–Crippen LogP) is 1.14. The minimum Gasteiger partial charge on any atom is -0.481 e. The van der Waals surface area contributed by atoms with Crippen LogP contribution < -0.4 is 14.8 Å². The Morgan fingerprint density at radius 1 is 1.37 bits per heavy atom. The standard InChI is InChI=1S/C13H15NO5/c1-8(4-12(15)16)13(17)14-6-9-2-3-10-11(5-9)19-7-18-10/h2-3,5,8H,4,6-7H2,1H3,(H,14,17)(H,15,16). The maximum absolute atomic E-state index is 11.7. The molecule has 1 aliphatic rings. The summed E-state index contributed by atoms with van der Waals surface area (Å²) < 4.78 is 10.4. The number of rotatable bonds is 5. The van der Waals surface area contributed by atoms with Crippen molar-refractivity contribution < 1.29 is 24.2 Å². The quantitative estimate of drug-likeness (QED) is 0.834. The van der Waals surface area contributed by atoms with Crippen molar-refractivity contribution in [2.45, 2.75) is 19.9 Å². The second-order valence-electron chi connectivity index (χ2n) is 4.40. The van der Waals surface area contributed by atoms with Crippen molar-refractivity contribution in [3.05, 3.63) is 23.8 Å². The molecule has 2 rings (SSSR count). The molecule has 1 aliphatic heterocycles. The van der Waals surface area contributed by atoms with Gasteiger partial charge in [-0.1, -0.05) is 13.0 Å². The van der Waals surface area contributed by atoms with Gasteiger partial charge in [-0.2, -0.15) is 0 Å². The first kappa shape index (κ1) is 13.2. The Hall–Kier alpha value is -2.24. The molecule has 0 bridgehead atoms. The number of benzene rings is 1. The molecular formula is C13H15NO5. The van der Waals surface area contributed by atoms with Crippen molar-refractivity contribution >= 4 is 11.9 Å². The number of fused-ring (bicyclic) bond motifs is 1. The van der Waals surface area contributed by atoms with Crippen LogP contribution in [0.4, 0.5) is 0 Å². The molecule has 0 fully saturated rings. The van der Waals surface area contributed by atoms with E-state index >= 15 is 0 Å². The smallest absolute Gasteiger partial charge is 0.304 e. The predicted molar refractivity (Wildman–Crippen MR) is 65.8 cm³/mol. The number of hydrogen-bond donors (Lipinski definition) is 2. The van der Waals surface area contributed by atoms with Crippen LogP contribution in [0.25, 0.3) is 0 Å². The Labute approximate surface area is 110 Å². The van der Waals surface area contributed by atoms with Crippen LogP contribution >= 0.6 is 0 Å². The summed E-state index contributed by atoms with van der Waals surface area (Å²) in [5.41, 5.74) is 0.875. The second-order valence-corrected chi connectivity index (χ2v) is 4.40. The van der Waals surface area contributed by atoms with Crippen molar-refractivity contribution in [3.63, 3.8) is 0 Å². The van der Waals surface area contributed by atoms with Crippen molar-refractivity contribution in [2.75, 3.05) is 6.79 Å². The number of carboxylic acids is 1. The third-order valence-electron chi connectivity index (χ3n) is 2.83. The maximum Gasteiger partial charge on any atom is 0.304 e. The first-order valence-corrected chi connectivity index (χ1v) is 5.94. The SMILES string of the molecule is CC(CC(=O)O)C(=O)NCc1ccc2c(c1)OCO2. The molecule has 6 nitrogen and oxygen atoms in total. The zero-order valence-corrected chi connectivity index (χ0v) is 10.5. The van der Waals surface area contributed by atoms with Crippen molar-refractivity contribution in [3.8, 4) is 11.5 Å². The largest absolute Gasteiger partial charge is 0.481 e. The fraction of sp³-hybridized carbons (Fsp3) is 0.385. The Balaban J connectivity index is 1.88. The van der Waals surface area contributed by atoms with Crippen LogP contribution in [0.15, 0.2) is 18.2 Å². The summed E-state index contributed by atoms with van der Waals surface area (Å²) in [7, 11) is 0. The fourth-order valence-corrected chi connectivity index (χ4v) is 1.77. The summed E-state index contributed by atoms with van der Waals surface area (Å²) >= 11 is 0. The molecule has 2 N–H and O–H groups in total. The molecule has 0 aromatic heterocycles. The number of amides is 1. The van der Waals surface area contributed by atoms with Crippen molar-refractivity contribution in [1.82, 2.24) is 5.32 Å². The van der Waals surface area contributed by atoms with Gasteiger partial charge in [0, 0.05) is 12.5 Å². The summed E-state index contributed by atoms with van der Waals surface area (Å²) in [5, 5.41) is 11.3. The summed E-state index contributed by atoms with van der Waals surface area (Å²) in [5.74, 6) is -0.461. The third-order valence-corrected chi connectivity index (χ3v) is 2.83. The van der Waals surface area contributed by atoms with Crippen LogP contribution in [-0.2, 0) is 16.1 Å². The number of carboxylic acid groups (broad SMARTS) is 1. The first-order chi connectivity index (χ1) is 9.06. The van der Waals surface area contributed by atoms with Gasteiger partial charge in [0.25, 0.3) is 0 Å². The zero-order chi connectivity index (χ0) is 13.8. The molecule has 1 amide bonds. The molecule has 0 aliphatic carbocycles. The van der Waals surface area contributed by atoms with Gasteiger partial charge in [-0.15, -0.1) is 0 Å². The van der Waals surface area contributed by atoms with Gasteiger partial charge in [0.2, 0.25) is 12.7 Å². The molecule has 0 saturated heterocycles. The van der Waals surface area contributed by atoms with Gasteiger partial charge in [-0.3, -0.25) is 9.59 Å². The molecule has 6 heteroatoms. The number of hydrogen-bond acceptors (Lipinski definition) is 4. The van der Waals surface area contributed by atoms with E-state index < -0.39 is 11.9 Å². The molecule has 0 saturated carbocycles. The van der Waals surface area contributed by atoms with E-state index in [1.54, 1.807) is 19.1 Å². The van der Waals surface area contributed by atoms with Crippen LogP contribution in [0.1, 0.15) is 18.9 Å². The van der Waals surface area contributed by atoms with E-state index in [0.29, 0.717) is 18.0 Å². The van der Waals surface area contributed by atoms with Crippen molar-refractivity contribution in [2.24, 2.45) is 5.92 Å². The average molecular weight is 265 g/mol. The molecule has 0 radical (unpaired) electrons. The lowest BCUT2D eigenvalue weighted by Gasteiger charge is -2.10. The Kier molecular flexibility index (Phi) is 3.89. The highest BCUT2D eigenvalue weighted by molar-refractivity contribution is 5.82. The third kappa shape index (κ3) is 3.37. The lowest BCUT2D eigenvalue weighted by molar-refractivity contribution is -0.140. The summed E-state index contributed by atoms with van der Waals surface area (Å²) in [6.45, 7) is 2.13. The summed E-state index contributed by atoms with van der Waals surface area (Å²) in [6, 6.07) is 5.41. The van der Waals surface area contributed by atoms with Gasteiger partial charge < -0.3 is 19.9 Å². The van der Waals surface area contributed by atoms with E-state index in [0.717, 1.165) is 5.56 Å². The molecule has 1 aromatic rings. The van der Waals surface area contributed by atoms with E-state index in [1.165, 1.54) is 0 Å². The molecule has 19 heavy (non-hydrogen) atoms. The van der Waals surface area contributed by atoms with E-state index in [4.69, 9.17) is 14.6 Å². The molecule has 102 valence electrons. The number of carbonyl (C=O) groups excluding carboxylic acids is 1. The minimum absolute atomic E-state index is 0.174. The second kappa shape index (κ2) is 5.60. The molecule has 0 spiro atoms. The number of aliphatic carboxylic acids is 1. The summed E-state index contributed by atoms with van der Waals surface area (Å²) in [6.07, 6.45) is -0.174. The molecule has 1 aromatic carbocycles. The highest BCUT2D eigenvalue weighted by atomic mass is 16.7. The van der Waals surface area contributed by atoms with Gasteiger partial charge >= 0.3 is 5.97 Å². The van der Waals surface area contributed by atoms with Crippen LogP contribution in [0.5, 0.6) is 11.5 Å². The lowest BCUT2D eigenvalue weighted by atomic mass is 10.1. The molecule has 1 heterocycles. The van der Waals surface area contributed by atoms with Crippen LogP contribution in [-0.4, -0.2) is 23.8 Å². The normalized spacial score (nSPS) is 13.9. The van der Waals surface area contributed by atoms with E-state index in [9.17, 15) is 9.59 Å². The fourth-order valence-electron chi connectivity index (χ4n) is 1.77. The van der Waals surface area contributed by atoms with Gasteiger partial charge in [-0.05, 0) is 17.7 Å². The van der Waals surface area contributed by atoms with Crippen molar-refractivity contribution in [1.29, 1.82) is 0 Å². The average Bonchev–Trinajstić information content (AvgIpc) is 2.82. The maximum atomic E-state index is 11.7. The zero-order valence-electron chi connectivity index (χ0n) is 10.5. The minimum atomic E-state index is -0.981. The highest BCUT2D eigenvalue weighted by Crippen LogP contribution is 2.32. The van der Waals surface area contributed by atoms with Gasteiger partial charge in [0.1, 0.15) is 0 Å². The van der Waals surface area contributed by atoms with Gasteiger partial charge in [-0.25, -0.2) is 0 Å². The highest BCUT2D eigenvalue weighted by Gasteiger charge is 2.17. The molecular weight excluding hydrogens is 250 g/mol. The van der Waals surface area contributed by atoms with Crippen LogP contribution in [0, 0.1) is 5.92 Å². The monoisotopic (exact) mass is 265 g/mol. The lowest BCUT2D eigenvalue weighted by Crippen LogP contribution is -2.30. The van der Waals surface area contributed by atoms with E-state index in [1.807, 2.05) is 6.07 Å². The van der Waals surface area contributed by atoms with E-state index in [-0.39, 0.29) is 19.1 Å². The first-order valence-electron chi connectivity index (χ1n) is 5.94. The number of nitrogens with one attached hydrogen (secondary N) is 1. The summed E-state index contributed by atoms with van der Waals surface area (Å²) in [4.78, 5) is 22.2. The Morgan fingerprint density at radius 2 is 2.11 bits per heavy atom. The molecule has 1 unspecified atom stereocenters. The number of carbonyl (C=O) groups is 2. The van der Waals surface area contributed by atoms with Crippen LogP contribution in [0.3, 0.4) is 0 Å².